The average molecular weight is 230 g/mol. The summed E-state index contributed by atoms with van der Waals surface area (Å²) >= 11 is 1.17. The summed E-state index contributed by atoms with van der Waals surface area (Å²) in [5, 5.41) is 20.7. The van der Waals surface area contributed by atoms with Crippen LogP contribution in [0, 0.1) is 0 Å². The van der Waals surface area contributed by atoms with Gasteiger partial charge in [0.2, 0.25) is 0 Å². The Morgan fingerprint density at radius 2 is 2.40 bits per heavy atom. The van der Waals surface area contributed by atoms with Gasteiger partial charge in [-0.15, -0.1) is 11.3 Å². The molecule has 1 aromatic heterocycles. The Morgan fingerprint density at radius 3 is 2.87 bits per heavy atom. The van der Waals surface area contributed by atoms with Gasteiger partial charge in [-0.25, -0.2) is 4.98 Å². The van der Waals surface area contributed by atoms with Gasteiger partial charge in [-0.2, -0.15) is 0 Å². The number of aliphatic hydroxyl groups excluding tert-OH is 2. The molecule has 82 valence electrons. The molecular formula is C8H10N2O4S. The minimum Gasteiger partial charge on any atom is -0.388 e. The lowest BCUT2D eigenvalue weighted by molar-refractivity contribution is 0.0223. The number of aromatic nitrogens is 1. The Balaban J connectivity index is 2.19. The van der Waals surface area contributed by atoms with Crippen molar-refractivity contribution in [3.05, 3.63) is 16.1 Å². The van der Waals surface area contributed by atoms with Gasteiger partial charge in [0.25, 0.3) is 5.91 Å². The van der Waals surface area contributed by atoms with Crippen molar-refractivity contribution in [3.63, 3.8) is 0 Å². The van der Waals surface area contributed by atoms with Gasteiger partial charge in [0.15, 0.2) is 0 Å². The van der Waals surface area contributed by atoms with Gasteiger partial charge in [0.05, 0.1) is 6.61 Å². The van der Waals surface area contributed by atoms with Crippen LogP contribution in [0.5, 0.6) is 0 Å². The number of rotatable bonds is 2. The van der Waals surface area contributed by atoms with Crippen molar-refractivity contribution < 1.29 is 19.7 Å². The Morgan fingerprint density at radius 1 is 1.67 bits per heavy atom. The van der Waals surface area contributed by atoms with E-state index in [0.29, 0.717) is 5.01 Å². The Labute approximate surface area is 89.3 Å². The lowest BCUT2D eigenvalue weighted by Gasteiger charge is -2.11. The fraction of sp³-hybridized carbons (Fsp3) is 0.500. The van der Waals surface area contributed by atoms with Crippen molar-refractivity contribution in [1.29, 1.82) is 0 Å². The summed E-state index contributed by atoms with van der Waals surface area (Å²) in [6.45, 7) is 0.0668. The fourth-order valence-electron chi connectivity index (χ4n) is 1.35. The number of thiazole rings is 1. The highest BCUT2D eigenvalue weighted by Gasteiger charge is 2.37. The van der Waals surface area contributed by atoms with E-state index in [1.165, 1.54) is 16.7 Å². The van der Waals surface area contributed by atoms with Crippen LogP contribution in [0.4, 0.5) is 0 Å². The van der Waals surface area contributed by atoms with Crippen molar-refractivity contribution in [1.82, 2.24) is 4.98 Å². The van der Waals surface area contributed by atoms with E-state index in [-0.39, 0.29) is 12.3 Å². The summed E-state index contributed by atoms with van der Waals surface area (Å²) < 4.78 is 5.15. The largest absolute Gasteiger partial charge is 0.388 e. The minimum absolute atomic E-state index is 0.0668. The van der Waals surface area contributed by atoms with Crippen molar-refractivity contribution in [2.45, 2.75) is 18.3 Å². The number of hydrogen-bond acceptors (Lipinski definition) is 6. The zero-order valence-electron chi connectivity index (χ0n) is 7.66. The Hall–Kier alpha value is -1.02. The second-order valence-corrected chi connectivity index (χ2v) is 4.14. The van der Waals surface area contributed by atoms with Crippen molar-refractivity contribution in [3.8, 4) is 0 Å². The molecule has 7 heteroatoms. The highest BCUT2D eigenvalue weighted by Crippen LogP contribution is 2.31. The van der Waals surface area contributed by atoms with Crippen LogP contribution < -0.4 is 5.73 Å². The molecule has 1 aliphatic heterocycles. The molecular weight excluding hydrogens is 220 g/mol. The van der Waals surface area contributed by atoms with Gasteiger partial charge < -0.3 is 20.7 Å². The summed E-state index contributed by atoms with van der Waals surface area (Å²) in [6.07, 6.45) is -2.58. The first-order valence-corrected chi connectivity index (χ1v) is 5.20. The summed E-state index contributed by atoms with van der Waals surface area (Å²) in [4.78, 5) is 14.7. The first-order valence-electron chi connectivity index (χ1n) is 4.32. The number of ether oxygens (including phenoxy) is 1. The molecule has 0 unspecified atom stereocenters. The molecule has 0 aliphatic carbocycles. The number of nitrogens with zero attached hydrogens (tertiary/aromatic N) is 1. The predicted octanol–water partition coefficient (Wildman–Crippen LogP) is -0.965. The molecule has 1 saturated heterocycles. The van der Waals surface area contributed by atoms with Crippen LogP contribution in [0.1, 0.15) is 21.6 Å². The molecule has 0 aromatic carbocycles. The molecule has 1 aliphatic rings. The first-order chi connectivity index (χ1) is 7.09. The highest BCUT2D eigenvalue weighted by molar-refractivity contribution is 7.09. The third-order valence-corrected chi connectivity index (χ3v) is 3.07. The maximum atomic E-state index is 10.8. The van der Waals surface area contributed by atoms with Crippen LogP contribution in [0.15, 0.2) is 5.38 Å². The normalized spacial score (nSPS) is 30.7. The second kappa shape index (κ2) is 3.86. The third kappa shape index (κ3) is 1.86. The van der Waals surface area contributed by atoms with Crippen LogP contribution in [-0.2, 0) is 4.74 Å². The summed E-state index contributed by atoms with van der Waals surface area (Å²) in [5.41, 5.74) is 5.19. The quantitative estimate of drug-likeness (QED) is 0.606. The van der Waals surface area contributed by atoms with E-state index < -0.39 is 24.2 Å². The summed E-state index contributed by atoms with van der Waals surface area (Å²) in [5.74, 6) is -0.620. The molecule has 0 spiro atoms. The molecule has 2 rings (SSSR count). The van der Waals surface area contributed by atoms with Crippen LogP contribution in [0.3, 0.4) is 0 Å². The second-order valence-electron chi connectivity index (χ2n) is 3.25. The van der Waals surface area contributed by atoms with Gasteiger partial charge in [0.1, 0.15) is 29.0 Å². The van der Waals surface area contributed by atoms with E-state index in [0.717, 1.165) is 0 Å². The van der Waals surface area contributed by atoms with Gasteiger partial charge >= 0.3 is 0 Å². The number of carbonyl (C=O) groups excluding carboxylic acids is 1. The van der Waals surface area contributed by atoms with Crippen molar-refractivity contribution >= 4 is 17.2 Å². The van der Waals surface area contributed by atoms with Gasteiger partial charge in [-0.05, 0) is 0 Å². The van der Waals surface area contributed by atoms with Crippen LogP contribution >= 0.6 is 11.3 Å². The molecule has 6 nitrogen and oxygen atoms in total. The van der Waals surface area contributed by atoms with Crippen LogP contribution in [0.25, 0.3) is 0 Å². The number of aliphatic hydroxyl groups is 2. The molecule has 0 bridgehead atoms. The lowest BCUT2D eigenvalue weighted by atomic mass is 10.1. The highest BCUT2D eigenvalue weighted by atomic mass is 32.1. The summed E-state index contributed by atoms with van der Waals surface area (Å²) in [6, 6.07) is 0. The fourth-order valence-corrected chi connectivity index (χ4v) is 2.24. The molecule has 1 amide bonds. The molecule has 0 saturated carbocycles. The van der Waals surface area contributed by atoms with E-state index in [1.54, 1.807) is 0 Å². The van der Waals surface area contributed by atoms with E-state index in [1.807, 2.05) is 0 Å². The minimum atomic E-state index is -1.00. The molecule has 1 aromatic rings. The lowest BCUT2D eigenvalue weighted by Crippen LogP contribution is -2.25. The number of amides is 1. The third-order valence-electron chi connectivity index (χ3n) is 2.17. The van der Waals surface area contributed by atoms with E-state index in [9.17, 15) is 15.0 Å². The van der Waals surface area contributed by atoms with Crippen molar-refractivity contribution in [2.75, 3.05) is 6.61 Å². The standard InChI is InChI=1S/C8H10N2O4S/c9-7(13)3-2-15-8(10-3)6-5(12)4(11)1-14-6/h2,4-6,11-12H,1H2,(H2,9,13)/t4-,5-,6-/m1/s1. The SMILES string of the molecule is NC(=O)c1csc([C@@H]2OC[C@@H](O)[C@H]2O)n1. The van der Waals surface area contributed by atoms with E-state index >= 15 is 0 Å². The molecule has 1 fully saturated rings. The van der Waals surface area contributed by atoms with E-state index in [2.05, 4.69) is 4.98 Å². The molecule has 15 heavy (non-hydrogen) atoms. The summed E-state index contributed by atoms with van der Waals surface area (Å²) in [7, 11) is 0. The molecule has 0 radical (unpaired) electrons. The Bertz CT molecular complexity index is 380. The number of hydrogen-bond donors (Lipinski definition) is 3. The van der Waals surface area contributed by atoms with Gasteiger partial charge in [-0.1, -0.05) is 0 Å². The van der Waals surface area contributed by atoms with E-state index in [4.69, 9.17) is 10.5 Å². The van der Waals surface area contributed by atoms with Crippen molar-refractivity contribution in [2.24, 2.45) is 5.73 Å². The monoisotopic (exact) mass is 230 g/mol. The van der Waals surface area contributed by atoms with Gasteiger partial charge in [-0.3, -0.25) is 4.79 Å². The average Bonchev–Trinajstić information content (AvgIpc) is 2.76. The predicted molar refractivity (Wildman–Crippen MR) is 51.3 cm³/mol. The molecule has 2 heterocycles. The topological polar surface area (TPSA) is 106 Å². The zero-order chi connectivity index (χ0) is 11.0. The van der Waals surface area contributed by atoms with Crippen LogP contribution in [0.2, 0.25) is 0 Å². The van der Waals surface area contributed by atoms with Crippen LogP contribution in [-0.4, -0.2) is 39.9 Å². The number of nitrogens with two attached hydrogens (primary N) is 1. The molecule has 3 atom stereocenters. The smallest absolute Gasteiger partial charge is 0.268 e. The number of primary amides is 1. The first kappa shape index (κ1) is 10.5. The zero-order valence-corrected chi connectivity index (χ0v) is 8.48. The van der Waals surface area contributed by atoms with Gasteiger partial charge in [0, 0.05) is 5.38 Å². The molecule has 4 N–H and O–H groups in total. The number of carbonyl (C=O) groups is 1. The Kier molecular flexibility index (Phi) is 2.70. The maximum Gasteiger partial charge on any atom is 0.268 e. The maximum absolute atomic E-state index is 10.8.